The number of benzene rings is 1. The lowest BCUT2D eigenvalue weighted by Gasteiger charge is -2.02. The first kappa shape index (κ1) is 9.80. The van der Waals surface area contributed by atoms with Crippen molar-refractivity contribution in [3.8, 4) is 5.75 Å². The van der Waals surface area contributed by atoms with Crippen molar-refractivity contribution in [3.05, 3.63) is 26.3 Å². The van der Waals surface area contributed by atoms with E-state index in [9.17, 15) is 9.90 Å². The first-order valence-electron chi connectivity index (χ1n) is 3.21. The summed E-state index contributed by atoms with van der Waals surface area (Å²) in [5, 5.41) is 9.73. The highest BCUT2D eigenvalue weighted by Crippen LogP contribution is 2.27. The maximum absolute atomic E-state index is 10.9. The molecule has 0 saturated heterocycles. The molecule has 1 N–H and O–H groups in total. The summed E-state index contributed by atoms with van der Waals surface area (Å²) in [4.78, 5) is 10.9. The Bertz CT molecular complexity index is 336. The van der Waals surface area contributed by atoms with Gasteiger partial charge >= 0.3 is 0 Å². The summed E-state index contributed by atoms with van der Waals surface area (Å²) in [6.45, 7) is 1.40. The van der Waals surface area contributed by atoms with E-state index in [0.29, 0.717) is 10.6 Å². The number of phenolic OH excluding ortho intramolecular Hbond substituents is 1. The highest BCUT2D eigenvalue weighted by atomic mass is 127. The predicted molar refractivity (Wildman–Crippen MR) is 55.8 cm³/mol. The Morgan fingerprint density at radius 3 is 2.67 bits per heavy atom. The van der Waals surface area contributed by atoms with Gasteiger partial charge in [0.2, 0.25) is 0 Å². The maximum Gasteiger partial charge on any atom is 0.163 e. The summed E-state index contributed by atoms with van der Waals surface area (Å²) in [7, 11) is 0. The molecule has 0 radical (unpaired) electrons. The normalized spacial score (nSPS) is 9.92. The highest BCUT2D eigenvalue weighted by molar-refractivity contribution is 14.1. The maximum atomic E-state index is 10.9. The number of hydrogen-bond acceptors (Lipinski definition) is 2. The predicted octanol–water partition coefficient (Wildman–Crippen LogP) is 2.85. The number of phenols is 1. The third kappa shape index (κ3) is 1.90. The molecule has 0 fully saturated rings. The van der Waals surface area contributed by atoms with Gasteiger partial charge in [-0.25, -0.2) is 0 Å². The minimum Gasteiger partial charge on any atom is -0.507 e. The van der Waals surface area contributed by atoms with Crippen molar-refractivity contribution in [2.75, 3.05) is 0 Å². The van der Waals surface area contributed by atoms with Crippen LogP contribution in [-0.4, -0.2) is 10.9 Å². The van der Waals surface area contributed by atoms with Crippen LogP contribution in [0.4, 0.5) is 0 Å². The summed E-state index contributed by atoms with van der Waals surface area (Å²) in [5.74, 6) is -0.227. The van der Waals surface area contributed by atoms with Crippen LogP contribution in [0.1, 0.15) is 17.3 Å². The van der Waals surface area contributed by atoms with Gasteiger partial charge in [0.1, 0.15) is 5.75 Å². The number of rotatable bonds is 1. The van der Waals surface area contributed by atoms with E-state index in [4.69, 9.17) is 11.6 Å². The highest BCUT2D eigenvalue weighted by Gasteiger charge is 2.09. The fourth-order valence-corrected chi connectivity index (χ4v) is 1.44. The molecule has 0 aliphatic rings. The summed E-state index contributed by atoms with van der Waals surface area (Å²) in [6, 6.07) is 2.95. The molecule has 0 unspecified atom stereocenters. The second kappa shape index (κ2) is 3.62. The summed E-state index contributed by atoms with van der Waals surface area (Å²) >= 11 is 7.72. The molecule has 1 aromatic rings. The molecule has 1 aromatic carbocycles. The van der Waals surface area contributed by atoms with E-state index in [1.54, 1.807) is 6.07 Å². The summed E-state index contributed by atoms with van der Waals surface area (Å²) in [5.41, 5.74) is 0.309. The molecule has 0 aromatic heterocycles. The van der Waals surface area contributed by atoms with Gasteiger partial charge in [-0.2, -0.15) is 0 Å². The SMILES string of the molecule is CC(=O)c1cc(I)c(Cl)cc1O. The fourth-order valence-electron chi connectivity index (χ4n) is 0.818. The second-order valence-corrected chi connectivity index (χ2v) is 3.91. The number of carbonyl (C=O) groups excluding carboxylic acids is 1. The molecule has 0 atom stereocenters. The zero-order chi connectivity index (χ0) is 9.30. The Balaban J connectivity index is 3.33. The zero-order valence-corrected chi connectivity index (χ0v) is 9.18. The standard InChI is InChI=1S/C8H6ClIO2/c1-4(11)5-2-7(10)6(9)3-8(5)12/h2-3,12H,1H3. The van der Waals surface area contributed by atoms with Crippen LogP contribution < -0.4 is 0 Å². The Labute approximate surface area is 88.7 Å². The lowest BCUT2D eigenvalue weighted by molar-refractivity contribution is 0.101. The van der Waals surface area contributed by atoms with Crippen molar-refractivity contribution in [3.63, 3.8) is 0 Å². The first-order valence-corrected chi connectivity index (χ1v) is 4.67. The smallest absolute Gasteiger partial charge is 0.163 e. The minimum atomic E-state index is -0.165. The Morgan fingerprint density at radius 2 is 2.17 bits per heavy atom. The van der Waals surface area contributed by atoms with Gasteiger partial charge in [-0.1, -0.05) is 11.6 Å². The van der Waals surface area contributed by atoms with Gasteiger partial charge in [-0.05, 0) is 35.6 Å². The van der Waals surface area contributed by atoms with Gasteiger partial charge in [0.05, 0.1) is 10.6 Å². The van der Waals surface area contributed by atoms with E-state index in [-0.39, 0.29) is 11.5 Å². The zero-order valence-electron chi connectivity index (χ0n) is 6.27. The first-order chi connectivity index (χ1) is 5.52. The third-order valence-corrected chi connectivity index (χ3v) is 2.94. The topological polar surface area (TPSA) is 37.3 Å². The van der Waals surface area contributed by atoms with Crippen molar-refractivity contribution in [2.24, 2.45) is 0 Å². The van der Waals surface area contributed by atoms with Gasteiger partial charge in [0.25, 0.3) is 0 Å². The fraction of sp³-hybridized carbons (Fsp3) is 0.125. The van der Waals surface area contributed by atoms with Crippen LogP contribution in [0.2, 0.25) is 5.02 Å². The van der Waals surface area contributed by atoms with Crippen LogP contribution in [0.3, 0.4) is 0 Å². The lowest BCUT2D eigenvalue weighted by atomic mass is 10.1. The number of hydrogen-bond donors (Lipinski definition) is 1. The van der Waals surface area contributed by atoms with Crippen molar-refractivity contribution < 1.29 is 9.90 Å². The molecule has 0 bridgehead atoms. The quantitative estimate of drug-likeness (QED) is 0.639. The minimum absolute atomic E-state index is 0.0621. The average Bonchev–Trinajstić information content (AvgIpc) is 1.96. The average molecular weight is 296 g/mol. The lowest BCUT2D eigenvalue weighted by Crippen LogP contribution is -1.93. The van der Waals surface area contributed by atoms with E-state index in [2.05, 4.69) is 0 Å². The van der Waals surface area contributed by atoms with Crippen molar-refractivity contribution >= 4 is 40.0 Å². The van der Waals surface area contributed by atoms with E-state index < -0.39 is 0 Å². The van der Waals surface area contributed by atoms with Crippen LogP contribution in [0.5, 0.6) is 5.75 Å². The number of Topliss-reactive ketones (excluding diaryl/α,β-unsaturated/α-hetero) is 1. The molecule has 0 saturated carbocycles. The van der Waals surface area contributed by atoms with Crippen LogP contribution in [-0.2, 0) is 0 Å². The van der Waals surface area contributed by atoms with Gasteiger partial charge in [0.15, 0.2) is 5.78 Å². The molecule has 12 heavy (non-hydrogen) atoms. The van der Waals surface area contributed by atoms with Crippen molar-refractivity contribution in [2.45, 2.75) is 6.92 Å². The second-order valence-electron chi connectivity index (χ2n) is 2.34. The third-order valence-electron chi connectivity index (χ3n) is 1.42. The molecule has 2 nitrogen and oxygen atoms in total. The van der Waals surface area contributed by atoms with Crippen molar-refractivity contribution in [1.29, 1.82) is 0 Å². The monoisotopic (exact) mass is 296 g/mol. The largest absolute Gasteiger partial charge is 0.507 e. The van der Waals surface area contributed by atoms with E-state index in [0.717, 1.165) is 3.57 Å². The van der Waals surface area contributed by atoms with Crippen LogP contribution in [0.25, 0.3) is 0 Å². The summed E-state index contributed by atoms with van der Waals surface area (Å²) < 4.78 is 0.761. The van der Waals surface area contributed by atoms with Crippen molar-refractivity contribution in [1.82, 2.24) is 0 Å². The Kier molecular flexibility index (Phi) is 2.95. The molecule has 0 heterocycles. The molecule has 1 rings (SSSR count). The number of aromatic hydroxyl groups is 1. The van der Waals surface area contributed by atoms with E-state index in [1.807, 2.05) is 22.6 Å². The molecule has 0 amide bonds. The number of carbonyl (C=O) groups is 1. The molecule has 0 aliphatic heterocycles. The molecule has 0 aliphatic carbocycles. The number of halogens is 2. The van der Waals surface area contributed by atoms with Gasteiger partial charge in [0, 0.05) is 9.64 Å². The number of ketones is 1. The van der Waals surface area contributed by atoms with E-state index in [1.165, 1.54) is 13.0 Å². The van der Waals surface area contributed by atoms with Crippen LogP contribution in [0, 0.1) is 3.57 Å². The summed E-state index contributed by atoms with van der Waals surface area (Å²) in [6.07, 6.45) is 0. The van der Waals surface area contributed by atoms with Crippen LogP contribution >= 0.6 is 34.2 Å². The van der Waals surface area contributed by atoms with E-state index >= 15 is 0 Å². The Morgan fingerprint density at radius 1 is 1.58 bits per heavy atom. The van der Waals surface area contributed by atoms with Gasteiger partial charge in [-0.15, -0.1) is 0 Å². The molecule has 4 heteroatoms. The van der Waals surface area contributed by atoms with Gasteiger partial charge in [-0.3, -0.25) is 4.79 Å². The Hall–Kier alpha value is -0.290. The molecular formula is C8H6ClIO2. The molecular weight excluding hydrogens is 290 g/mol. The molecule has 64 valence electrons. The van der Waals surface area contributed by atoms with Gasteiger partial charge < -0.3 is 5.11 Å². The van der Waals surface area contributed by atoms with Crippen LogP contribution in [0.15, 0.2) is 12.1 Å². The molecule has 0 spiro atoms.